The molecule has 3 aromatic carbocycles. The number of nitrogens with one attached hydrogen (secondary N) is 2. The van der Waals surface area contributed by atoms with Crippen LogP contribution in [0.1, 0.15) is 29.7 Å². The molecule has 0 aliphatic rings. The number of carbonyl (C=O) groups excluding carboxylic acids is 1. The van der Waals surface area contributed by atoms with Crippen LogP contribution in [0.25, 0.3) is 0 Å². The largest absolute Gasteiger partial charge is 0.493 e. The number of benzene rings is 3. The van der Waals surface area contributed by atoms with Crippen molar-refractivity contribution in [2.24, 2.45) is 0 Å². The molecule has 3 aromatic rings. The molecule has 186 valence electrons. The fraction of sp³-hybridized carbons (Fsp3) is 0.269. The molecule has 3 rings (SSSR count). The van der Waals surface area contributed by atoms with Gasteiger partial charge in [0, 0.05) is 5.69 Å². The normalized spacial score (nSPS) is 11.9. The number of ether oxygens (including phenoxy) is 3. The number of rotatable bonds is 10. The maximum Gasteiger partial charge on any atom is 0.261 e. The highest BCUT2D eigenvalue weighted by Crippen LogP contribution is 2.30. The summed E-state index contributed by atoms with van der Waals surface area (Å²) in [5.41, 5.74) is 3.28. The van der Waals surface area contributed by atoms with Crippen LogP contribution in [-0.2, 0) is 14.8 Å². The molecule has 0 radical (unpaired) electrons. The van der Waals surface area contributed by atoms with Gasteiger partial charge in [-0.1, -0.05) is 12.1 Å². The number of amides is 1. The van der Waals surface area contributed by atoms with Crippen molar-refractivity contribution < 1.29 is 27.4 Å². The van der Waals surface area contributed by atoms with Crippen molar-refractivity contribution in [3.63, 3.8) is 0 Å². The highest BCUT2D eigenvalue weighted by molar-refractivity contribution is 7.92. The van der Waals surface area contributed by atoms with E-state index >= 15 is 0 Å². The summed E-state index contributed by atoms with van der Waals surface area (Å²) in [6.45, 7) is 5.44. The van der Waals surface area contributed by atoms with Gasteiger partial charge in [0.1, 0.15) is 5.75 Å². The number of aryl methyl sites for hydroxylation is 2. The smallest absolute Gasteiger partial charge is 0.261 e. The third kappa shape index (κ3) is 6.89. The van der Waals surface area contributed by atoms with E-state index < -0.39 is 10.0 Å². The Bertz CT molecular complexity index is 1270. The molecule has 9 heteroatoms. The lowest BCUT2D eigenvalue weighted by Crippen LogP contribution is -2.31. The van der Waals surface area contributed by atoms with Gasteiger partial charge in [-0.3, -0.25) is 9.52 Å². The first kappa shape index (κ1) is 25.9. The van der Waals surface area contributed by atoms with Crippen LogP contribution in [-0.4, -0.2) is 35.2 Å². The van der Waals surface area contributed by atoms with E-state index in [1.807, 2.05) is 32.9 Å². The molecule has 0 aliphatic carbocycles. The van der Waals surface area contributed by atoms with Crippen molar-refractivity contribution in [1.29, 1.82) is 0 Å². The molecule has 0 saturated carbocycles. The minimum atomic E-state index is -3.76. The fourth-order valence-electron chi connectivity index (χ4n) is 3.60. The molecule has 1 atom stereocenters. The monoisotopic (exact) mass is 498 g/mol. The Morgan fingerprint density at radius 1 is 0.886 bits per heavy atom. The van der Waals surface area contributed by atoms with Gasteiger partial charge >= 0.3 is 0 Å². The standard InChI is InChI=1S/C26H30N2O6S/c1-17-12-18(2)14-21(13-17)28-35(30,31)23-9-7-22(8-10-23)34-16-26(29)27-19(3)20-6-11-24(32-4)25(15-20)33-5/h6-15,19,28H,16H2,1-5H3,(H,27,29)/t19-/m1/s1. The molecule has 1 amide bonds. The van der Waals surface area contributed by atoms with Crippen molar-refractivity contribution in [1.82, 2.24) is 5.32 Å². The molecule has 35 heavy (non-hydrogen) atoms. The maximum absolute atomic E-state index is 12.7. The summed E-state index contributed by atoms with van der Waals surface area (Å²) in [4.78, 5) is 12.5. The van der Waals surface area contributed by atoms with Gasteiger partial charge in [-0.2, -0.15) is 0 Å². The zero-order valence-electron chi connectivity index (χ0n) is 20.4. The van der Waals surface area contributed by atoms with Crippen molar-refractivity contribution in [2.75, 3.05) is 25.5 Å². The predicted octanol–water partition coefficient (Wildman–Crippen LogP) is 4.38. The van der Waals surface area contributed by atoms with Crippen LogP contribution in [0, 0.1) is 13.8 Å². The van der Waals surface area contributed by atoms with E-state index in [9.17, 15) is 13.2 Å². The Balaban J connectivity index is 1.57. The SMILES string of the molecule is COc1ccc([C@@H](C)NC(=O)COc2ccc(S(=O)(=O)Nc3cc(C)cc(C)c3)cc2)cc1OC. The summed E-state index contributed by atoms with van der Waals surface area (Å²) >= 11 is 0. The molecule has 0 unspecified atom stereocenters. The van der Waals surface area contributed by atoms with Gasteiger partial charge in [-0.05, 0) is 86.0 Å². The molecular formula is C26H30N2O6S. The predicted molar refractivity (Wildman–Crippen MR) is 135 cm³/mol. The first-order valence-electron chi connectivity index (χ1n) is 11.0. The third-order valence-corrected chi connectivity index (χ3v) is 6.66. The summed E-state index contributed by atoms with van der Waals surface area (Å²) < 4.78 is 44.1. The Labute approximate surface area is 206 Å². The molecule has 2 N–H and O–H groups in total. The van der Waals surface area contributed by atoms with Gasteiger partial charge in [-0.15, -0.1) is 0 Å². The van der Waals surface area contributed by atoms with Gasteiger partial charge in [0.2, 0.25) is 0 Å². The van der Waals surface area contributed by atoms with Gasteiger partial charge in [0.25, 0.3) is 15.9 Å². The highest BCUT2D eigenvalue weighted by Gasteiger charge is 2.16. The quantitative estimate of drug-likeness (QED) is 0.430. The van der Waals surface area contributed by atoms with Crippen molar-refractivity contribution in [3.05, 3.63) is 77.4 Å². The molecule has 0 heterocycles. The van der Waals surface area contributed by atoms with Crippen LogP contribution in [0.5, 0.6) is 17.2 Å². The zero-order valence-corrected chi connectivity index (χ0v) is 21.2. The Morgan fingerprint density at radius 3 is 2.11 bits per heavy atom. The van der Waals surface area contributed by atoms with Gasteiger partial charge < -0.3 is 19.5 Å². The van der Waals surface area contributed by atoms with E-state index in [1.54, 1.807) is 38.5 Å². The number of carbonyl (C=O) groups is 1. The maximum atomic E-state index is 12.7. The second kappa shape index (κ2) is 11.1. The lowest BCUT2D eigenvalue weighted by Gasteiger charge is -2.17. The van der Waals surface area contributed by atoms with E-state index in [2.05, 4.69) is 10.0 Å². The van der Waals surface area contributed by atoms with E-state index in [1.165, 1.54) is 24.3 Å². The fourth-order valence-corrected chi connectivity index (χ4v) is 4.64. The number of methoxy groups -OCH3 is 2. The lowest BCUT2D eigenvalue weighted by molar-refractivity contribution is -0.123. The number of sulfonamides is 1. The average molecular weight is 499 g/mol. The average Bonchev–Trinajstić information content (AvgIpc) is 2.81. The van der Waals surface area contributed by atoms with Crippen LogP contribution in [0.2, 0.25) is 0 Å². The molecule has 0 fully saturated rings. The third-order valence-electron chi connectivity index (χ3n) is 5.26. The Hall–Kier alpha value is -3.72. The lowest BCUT2D eigenvalue weighted by atomic mass is 10.1. The molecule has 8 nitrogen and oxygen atoms in total. The molecule has 0 spiro atoms. The van der Waals surface area contributed by atoms with Crippen molar-refractivity contribution in [2.45, 2.75) is 31.7 Å². The number of anilines is 1. The highest BCUT2D eigenvalue weighted by atomic mass is 32.2. The topological polar surface area (TPSA) is 103 Å². The van der Waals surface area contributed by atoms with E-state index in [4.69, 9.17) is 14.2 Å². The van der Waals surface area contributed by atoms with Crippen LogP contribution >= 0.6 is 0 Å². The van der Waals surface area contributed by atoms with Crippen LogP contribution in [0.3, 0.4) is 0 Å². The first-order valence-corrected chi connectivity index (χ1v) is 12.4. The minimum Gasteiger partial charge on any atom is -0.493 e. The summed E-state index contributed by atoms with van der Waals surface area (Å²) in [6.07, 6.45) is 0. The molecule has 0 aliphatic heterocycles. The molecule has 0 bridgehead atoms. The first-order chi connectivity index (χ1) is 16.6. The van der Waals surface area contributed by atoms with Crippen molar-refractivity contribution in [3.8, 4) is 17.2 Å². The Kier molecular flexibility index (Phi) is 8.24. The number of hydrogen-bond donors (Lipinski definition) is 2. The van der Waals surface area contributed by atoms with E-state index in [0.717, 1.165) is 16.7 Å². The van der Waals surface area contributed by atoms with Gasteiger partial charge in [-0.25, -0.2) is 8.42 Å². The van der Waals surface area contributed by atoms with Crippen LogP contribution in [0.4, 0.5) is 5.69 Å². The van der Waals surface area contributed by atoms with Crippen LogP contribution < -0.4 is 24.2 Å². The van der Waals surface area contributed by atoms with Gasteiger partial charge in [0.15, 0.2) is 18.1 Å². The van der Waals surface area contributed by atoms with Gasteiger partial charge in [0.05, 0.1) is 25.2 Å². The Morgan fingerprint density at radius 2 is 1.51 bits per heavy atom. The summed E-state index contributed by atoms with van der Waals surface area (Å²) in [7, 11) is -0.647. The molecule has 0 aromatic heterocycles. The molecule has 0 saturated heterocycles. The second-order valence-electron chi connectivity index (χ2n) is 8.15. The summed E-state index contributed by atoms with van der Waals surface area (Å²) in [5.74, 6) is 1.24. The number of hydrogen-bond acceptors (Lipinski definition) is 6. The van der Waals surface area contributed by atoms with E-state index in [-0.39, 0.29) is 23.5 Å². The van der Waals surface area contributed by atoms with E-state index in [0.29, 0.717) is 22.9 Å². The molecular weight excluding hydrogens is 468 g/mol. The summed E-state index contributed by atoms with van der Waals surface area (Å²) in [5, 5.41) is 2.86. The second-order valence-corrected chi connectivity index (χ2v) is 9.83. The zero-order chi connectivity index (χ0) is 25.6. The summed E-state index contributed by atoms with van der Waals surface area (Å²) in [6, 6.07) is 16.5. The van der Waals surface area contributed by atoms with Crippen LogP contribution in [0.15, 0.2) is 65.6 Å². The minimum absolute atomic E-state index is 0.0931. The van der Waals surface area contributed by atoms with Crippen molar-refractivity contribution >= 4 is 21.6 Å².